The second-order valence-electron chi connectivity index (χ2n) is 4.40. The lowest BCUT2D eigenvalue weighted by molar-refractivity contribution is 0.0588. The van der Waals surface area contributed by atoms with E-state index in [1.807, 2.05) is 20.8 Å². The molecule has 0 aliphatic rings. The molecule has 1 N–H and O–H groups in total. The van der Waals surface area contributed by atoms with Crippen LogP contribution >= 0.6 is 15.9 Å². The predicted molar refractivity (Wildman–Crippen MR) is 58.5 cm³/mol. The predicted octanol–water partition coefficient (Wildman–Crippen LogP) is 3.67. The van der Waals surface area contributed by atoms with Crippen LogP contribution in [0.25, 0.3) is 0 Å². The summed E-state index contributed by atoms with van der Waals surface area (Å²) in [6, 6.07) is 4.70. The van der Waals surface area contributed by atoms with E-state index in [4.69, 9.17) is 0 Å². The highest BCUT2D eigenvalue weighted by atomic mass is 79.9. The third kappa shape index (κ3) is 2.34. The molecule has 0 aliphatic heterocycles. The monoisotopic (exact) mass is 260 g/mol. The molecule has 1 atom stereocenters. The van der Waals surface area contributed by atoms with Crippen LogP contribution in [0.5, 0.6) is 0 Å². The molecule has 78 valence electrons. The van der Waals surface area contributed by atoms with Gasteiger partial charge in [0.15, 0.2) is 0 Å². The molecule has 1 aromatic rings. The molecule has 0 saturated carbocycles. The Morgan fingerprint density at radius 3 is 2.36 bits per heavy atom. The lowest BCUT2D eigenvalue weighted by Gasteiger charge is -2.27. The van der Waals surface area contributed by atoms with E-state index < -0.39 is 6.10 Å². The largest absolute Gasteiger partial charge is 0.388 e. The van der Waals surface area contributed by atoms with Crippen LogP contribution < -0.4 is 0 Å². The van der Waals surface area contributed by atoms with Crippen molar-refractivity contribution in [3.63, 3.8) is 0 Å². The van der Waals surface area contributed by atoms with Gasteiger partial charge in [0.25, 0.3) is 0 Å². The number of halogens is 2. The molecule has 0 fully saturated rings. The minimum absolute atomic E-state index is 0.333. The van der Waals surface area contributed by atoms with E-state index >= 15 is 0 Å². The van der Waals surface area contributed by atoms with Crippen molar-refractivity contribution in [3.8, 4) is 0 Å². The van der Waals surface area contributed by atoms with E-state index in [0.717, 1.165) is 0 Å². The fourth-order valence-corrected chi connectivity index (χ4v) is 1.76. The van der Waals surface area contributed by atoms with Crippen molar-refractivity contribution < 1.29 is 9.50 Å². The molecular formula is C11H14BrFO. The van der Waals surface area contributed by atoms with E-state index in [9.17, 15) is 9.50 Å². The second-order valence-corrected chi connectivity index (χ2v) is 5.26. The molecule has 0 spiro atoms. The molecule has 1 rings (SSSR count). The summed E-state index contributed by atoms with van der Waals surface area (Å²) in [5.41, 5.74) is -0.0370. The quantitative estimate of drug-likeness (QED) is 0.817. The number of benzene rings is 1. The Morgan fingerprint density at radius 2 is 1.93 bits per heavy atom. The fourth-order valence-electron chi connectivity index (χ4n) is 1.20. The number of aliphatic hydroxyl groups excluding tert-OH is 1. The van der Waals surface area contributed by atoms with E-state index in [1.165, 1.54) is 6.07 Å². The van der Waals surface area contributed by atoms with Crippen LogP contribution in [0, 0.1) is 11.2 Å². The molecule has 1 aromatic carbocycles. The van der Waals surface area contributed by atoms with Crippen LogP contribution in [0.2, 0.25) is 0 Å². The van der Waals surface area contributed by atoms with Crippen LogP contribution in [0.15, 0.2) is 22.7 Å². The maximum absolute atomic E-state index is 13.4. The summed E-state index contributed by atoms with van der Waals surface area (Å²) in [6.07, 6.45) is -0.807. The van der Waals surface area contributed by atoms with Crippen LogP contribution in [0.3, 0.4) is 0 Å². The van der Waals surface area contributed by atoms with Crippen molar-refractivity contribution in [1.29, 1.82) is 0 Å². The molecule has 1 nitrogen and oxygen atoms in total. The van der Waals surface area contributed by atoms with Gasteiger partial charge in [-0.2, -0.15) is 0 Å². The SMILES string of the molecule is CC(C)(C)C(O)c1c(F)cccc1Br. The first kappa shape index (κ1) is 11.7. The Labute approximate surface area is 92.1 Å². The van der Waals surface area contributed by atoms with Crippen molar-refractivity contribution in [2.45, 2.75) is 26.9 Å². The van der Waals surface area contributed by atoms with Crippen molar-refractivity contribution in [2.75, 3.05) is 0 Å². The summed E-state index contributed by atoms with van der Waals surface area (Å²) in [6.45, 7) is 5.61. The van der Waals surface area contributed by atoms with Gasteiger partial charge in [0.2, 0.25) is 0 Å². The van der Waals surface area contributed by atoms with Gasteiger partial charge in [-0.05, 0) is 17.5 Å². The molecule has 14 heavy (non-hydrogen) atoms. The molecule has 0 heterocycles. The van der Waals surface area contributed by atoms with Gasteiger partial charge >= 0.3 is 0 Å². The third-order valence-corrected chi connectivity index (χ3v) is 2.78. The van der Waals surface area contributed by atoms with Crippen LogP contribution in [0.4, 0.5) is 4.39 Å². The van der Waals surface area contributed by atoms with E-state index in [0.29, 0.717) is 10.0 Å². The first-order chi connectivity index (χ1) is 6.34. The van der Waals surface area contributed by atoms with Crippen molar-refractivity contribution in [3.05, 3.63) is 34.1 Å². The van der Waals surface area contributed by atoms with Gasteiger partial charge < -0.3 is 5.11 Å². The van der Waals surface area contributed by atoms with Gasteiger partial charge in [0.1, 0.15) is 5.82 Å². The second kappa shape index (κ2) is 3.99. The molecule has 0 aromatic heterocycles. The minimum Gasteiger partial charge on any atom is -0.388 e. The van der Waals surface area contributed by atoms with Crippen molar-refractivity contribution in [2.24, 2.45) is 5.41 Å². The standard InChI is InChI=1S/C11H14BrFO/c1-11(2,3)10(14)9-7(12)5-4-6-8(9)13/h4-6,10,14H,1-3H3. The number of aliphatic hydroxyl groups is 1. The summed E-state index contributed by atoms with van der Waals surface area (Å²) in [4.78, 5) is 0. The Balaban J connectivity index is 3.19. The highest BCUT2D eigenvalue weighted by Crippen LogP contribution is 2.37. The summed E-state index contributed by atoms with van der Waals surface area (Å²) in [5, 5.41) is 9.95. The molecular weight excluding hydrogens is 247 g/mol. The van der Waals surface area contributed by atoms with Crippen molar-refractivity contribution in [1.82, 2.24) is 0 Å². The van der Waals surface area contributed by atoms with Gasteiger partial charge in [-0.25, -0.2) is 4.39 Å². The number of hydrogen-bond donors (Lipinski definition) is 1. The van der Waals surface area contributed by atoms with Crippen LogP contribution in [0.1, 0.15) is 32.4 Å². The van der Waals surface area contributed by atoms with Gasteiger partial charge in [0, 0.05) is 10.0 Å². The zero-order valence-electron chi connectivity index (χ0n) is 8.51. The summed E-state index contributed by atoms with van der Waals surface area (Å²) in [5.74, 6) is -0.373. The Kier molecular flexibility index (Phi) is 3.32. The maximum Gasteiger partial charge on any atom is 0.130 e. The zero-order valence-corrected chi connectivity index (χ0v) is 10.1. The highest BCUT2D eigenvalue weighted by molar-refractivity contribution is 9.10. The Morgan fingerprint density at radius 1 is 1.36 bits per heavy atom. The first-order valence-corrected chi connectivity index (χ1v) is 5.25. The van der Waals surface area contributed by atoms with Gasteiger partial charge in [0.05, 0.1) is 6.10 Å². The number of rotatable bonds is 1. The molecule has 0 amide bonds. The molecule has 0 aliphatic carbocycles. The summed E-state index contributed by atoms with van der Waals surface area (Å²) in [7, 11) is 0. The fraction of sp³-hybridized carbons (Fsp3) is 0.455. The number of hydrogen-bond acceptors (Lipinski definition) is 1. The molecule has 0 bridgehead atoms. The summed E-state index contributed by atoms with van der Waals surface area (Å²) >= 11 is 3.24. The molecule has 0 saturated heterocycles. The lowest BCUT2D eigenvalue weighted by atomic mass is 9.84. The normalized spacial score (nSPS) is 14.1. The summed E-state index contributed by atoms with van der Waals surface area (Å²) < 4.78 is 14.1. The van der Waals surface area contributed by atoms with Crippen molar-refractivity contribution >= 4 is 15.9 Å². The van der Waals surface area contributed by atoms with Gasteiger partial charge in [-0.15, -0.1) is 0 Å². The average Bonchev–Trinajstić information content (AvgIpc) is 2.01. The molecule has 3 heteroatoms. The topological polar surface area (TPSA) is 20.2 Å². The first-order valence-electron chi connectivity index (χ1n) is 4.46. The van der Waals surface area contributed by atoms with Crippen LogP contribution in [-0.2, 0) is 0 Å². The molecule has 0 radical (unpaired) electrons. The zero-order chi connectivity index (χ0) is 10.9. The van der Waals surface area contributed by atoms with E-state index in [1.54, 1.807) is 12.1 Å². The van der Waals surface area contributed by atoms with Gasteiger partial charge in [-0.1, -0.05) is 42.8 Å². The van der Waals surface area contributed by atoms with Crippen LogP contribution in [-0.4, -0.2) is 5.11 Å². The highest BCUT2D eigenvalue weighted by Gasteiger charge is 2.27. The Bertz CT molecular complexity index is 310. The Hall–Kier alpha value is -0.410. The maximum atomic E-state index is 13.4. The average molecular weight is 261 g/mol. The lowest BCUT2D eigenvalue weighted by Crippen LogP contribution is -2.19. The smallest absolute Gasteiger partial charge is 0.130 e. The van der Waals surface area contributed by atoms with E-state index in [-0.39, 0.29) is 11.2 Å². The molecule has 1 unspecified atom stereocenters. The van der Waals surface area contributed by atoms with Gasteiger partial charge in [-0.3, -0.25) is 0 Å². The minimum atomic E-state index is -0.807. The van der Waals surface area contributed by atoms with E-state index in [2.05, 4.69) is 15.9 Å². The third-order valence-electron chi connectivity index (χ3n) is 2.09.